The molecule has 0 atom stereocenters. The van der Waals surface area contributed by atoms with E-state index in [4.69, 9.17) is 19.9 Å². The van der Waals surface area contributed by atoms with E-state index in [0.717, 1.165) is 73.1 Å². The van der Waals surface area contributed by atoms with E-state index in [-0.39, 0.29) is 0 Å². The Morgan fingerprint density at radius 2 is 0.724 bits per heavy atom. The monoisotopic (exact) mass is 742 g/mol. The summed E-state index contributed by atoms with van der Waals surface area (Å²) in [6.45, 7) is 0. The van der Waals surface area contributed by atoms with Crippen molar-refractivity contribution in [2.45, 2.75) is 0 Å². The molecule has 0 fully saturated rings. The Kier molecular flexibility index (Phi) is 9.10. The number of rotatable bonds is 8. The maximum Gasteiger partial charge on any atom is 0.160 e. The van der Waals surface area contributed by atoms with Crippen LogP contribution in [0.5, 0.6) is 0 Å². The Morgan fingerprint density at radius 1 is 0.259 bits per heavy atom. The van der Waals surface area contributed by atoms with E-state index in [2.05, 4.69) is 94.9 Å². The van der Waals surface area contributed by atoms with Gasteiger partial charge in [0.05, 0.1) is 34.2 Å². The van der Waals surface area contributed by atoms with Gasteiger partial charge in [0.2, 0.25) is 0 Å². The van der Waals surface area contributed by atoms with Crippen LogP contribution in [0.25, 0.3) is 101 Å². The molecule has 6 heteroatoms. The van der Waals surface area contributed by atoms with Crippen LogP contribution in [0.15, 0.2) is 207 Å². The summed E-state index contributed by atoms with van der Waals surface area (Å²) in [5.74, 6) is 1.34. The Morgan fingerprint density at radius 3 is 1.24 bits per heavy atom. The molecule has 6 aromatic carbocycles. The van der Waals surface area contributed by atoms with Gasteiger partial charge in [0.25, 0.3) is 0 Å². The van der Waals surface area contributed by atoms with Gasteiger partial charge >= 0.3 is 0 Å². The fourth-order valence-corrected chi connectivity index (χ4v) is 7.28. The molecule has 6 nitrogen and oxygen atoms in total. The topological polar surface area (TPSA) is 77.3 Å². The summed E-state index contributed by atoms with van der Waals surface area (Å²) in [7, 11) is 0. The highest BCUT2D eigenvalue weighted by Crippen LogP contribution is 2.35. The van der Waals surface area contributed by atoms with Crippen molar-refractivity contribution >= 4 is 10.8 Å². The van der Waals surface area contributed by atoms with Crippen molar-refractivity contribution in [2.24, 2.45) is 0 Å². The highest BCUT2D eigenvalue weighted by molar-refractivity contribution is 5.99. The SMILES string of the molecule is c1ccc(-c2nc(-c3ccc(-c4ccc5c(-c6ccc(-c7cc(-c8ccccn8)nc(-c8ccccc8)n7)cc6)cccc5c4)cc3)cc(-c3ccccn3)n2)cc1. The Bertz CT molecular complexity index is 2890. The molecule has 10 rings (SSSR count). The lowest BCUT2D eigenvalue weighted by Crippen LogP contribution is -1.96. The van der Waals surface area contributed by atoms with E-state index in [1.54, 1.807) is 12.4 Å². The minimum absolute atomic E-state index is 0.670. The molecule has 0 amide bonds. The number of pyridine rings is 2. The highest BCUT2D eigenvalue weighted by Gasteiger charge is 2.14. The van der Waals surface area contributed by atoms with Crippen LogP contribution in [-0.4, -0.2) is 29.9 Å². The summed E-state index contributed by atoms with van der Waals surface area (Å²) >= 11 is 0. The molecule has 272 valence electrons. The zero-order valence-electron chi connectivity index (χ0n) is 31.3. The third-order valence-electron chi connectivity index (χ3n) is 10.3. The first-order chi connectivity index (χ1) is 28.7. The first-order valence-corrected chi connectivity index (χ1v) is 19.2. The molecule has 0 bridgehead atoms. The normalized spacial score (nSPS) is 11.1. The standard InChI is InChI=1S/C52H34N6/c1-3-12-39(13-4-1)51-55-47(33-49(57-51)45-18-7-9-30-53-45)37-24-20-35(21-25-37)41-28-29-44-42(32-41)16-11-17-43(44)36-22-26-38(27-23-36)48-34-50(46-19-8-10-31-54-46)58-52(56-48)40-14-5-2-6-15-40/h1-34H. The van der Waals surface area contributed by atoms with Crippen LogP contribution >= 0.6 is 0 Å². The third kappa shape index (κ3) is 7.02. The number of hydrogen-bond acceptors (Lipinski definition) is 6. The van der Waals surface area contributed by atoms with E-state index in [1.807, 2.05) is 109 Å². The average molecular weight is 743 g/mol. The Hall–Kier alpha value is -7.96. The van der Waals surface area contributed by atoms with Crippen LogP contribution < -0.4 is 0 Å². The van der Waals surface area contributed by atoms with Crippen molar-refractivity contribution in [3.8, 4) is 90.3 Å². The molecule has 0 aliphatic heterocycles. The predicted molar refractivity (Wildman–Crippen MR) is 234 cm³/mol. The summed E-state index contributed by atoms with van der Waals surface area (Å²) in [6.07, 6.45) is 3.58. The number of hydrogen-bond donors (Lipinski definition) is 0. The van der Waals surface area contributed by atoms with Crippen LogP contribution in [-0.2, 0) is 0 Å². The maximum absolute atomic E-state index is 5.00. The van der Waals surface area contributed by atoms with Crippen LogP contribution in [0.2, 0.25) is 0 Å². The average Bonchev–Trinajstić information content (AvgIpc) is 3.32. The van der Waals surface area contributed by atoms with Crippen molar-refractivity contribution in [3.63, 3.8) is 0 Å². The second kappa shape index (κ2) is 15.3. The fraction of sp³-hybridized carbons (Fsp3) is 0. The number of nitrogens with zero attached hydrogens (tertiary/aromatic N) is 6. The van der Waals surface area contributed by atoms with Gasteiger partial charge in [0, 0.05) is 34.6 Å². The second-order valence-electron chi connectivity index (χ2n) is 14.0. The van der Waals surface area contributed by atoms with Gasteiger partial charge in [0.15, 0.2) is 11.6 Å². The molecule has 4 aromatic heterocycles. The lowest BCUT2D eigenvalue weighted by molar-refractivity contribution is 1.16. The van der Waals surface area contributed by atoms with Gasteiger partial charge in [0.1, 0.15) is 0 Å². The van der Waals surface area contributed by atoms with Gasteiger partial charge in [-0.2, -0.15) is 0 Å². The molecule has 0 spiro atoms. The second-order valence-corrected chi connectivity index (χ2v) is 14.0. The van der Waals surface area contributed by atoms with Crippen molar-refractivity contribution in [2.75, 3.05) is 0 Å². The molecule has 0 saturated carbocycles. The van der Waals surface area contributed by atoms with E-state index < -0.39 is 0 Å². The smallest absolute Gasteiger partial charge is 0.160 e. The molecule has 0 radical (unpaired) electrons. The summed E-state index contributed by atoms with van der Waals surface area (Å²) in [5, 5.41) is 2.37. The fourth-order valence-electron chi connectivity index (χ4n) is 7.28. The van der Waals surface area contributed by atoms with Gasteiger partial charge in [-0.25, -0.2) is 19.9 Å². The zero-order valence-corrected chi connectivity index (χ0v) is 31.3. The van der Waals surface area contributed by atoms with Crippen LogP contribution in [0.3, 0.4) is 0 Å². The maximum atomic E-state index is 5.00. The lowest BCUT2D eigenvalue weighted by atomic mass is 9.94. The van der Waals surface area contributed by atoms with E-state index in [1.165, 1.54) is 16.3 Å². The molecule has 0 N–H and O–H groups in total. The number of benzene rings is 6. The van der Waals surface area contributed by atoms with Crippen molar-refractivity contribution in [1.29, 1.82) is 0 Å². The molecular weight excluding hydrogens is 709 g/mol. The van der Waals surface area contributed by atoms with Gasteiger partial charge in [-0.15, -0.1) is 0 Å². The summed E-state index contributed by atoms with van der Waals surface area (Å²) in [6, 6.07) is 66.4. The van der Waals surface area contributed by atoms with Gasteiger partial charge in [-0.3, -0.25) is 9.97 Å². The minimum Gasteiger partial charge on any atom is -0.255 e. The van der Waals surface area contributed by atoms with Crippen molar-refractivity contribution in [3.05, 3.63) is 207 Å². The first-order valence-electron chi connectivity index (χ1n) is 19.2. The zero-order chi connectivity index (χ0) is 38.7. The van der Waals surface area contributed by atoms with Crippen molar-refractivity contribution < 1.29 is 0 Å². The molecular formula is C52H34N6. The van der Waals surface area contributed by atoms with Gasteiger partial charge < -0.3 is 0 Å². The van der Waals surface area contributed by atoms with Crippen molar-refractivity contribution in [1.82, 2.24) is 29.9 Å². The molecule has 10 aromatic rings. The minimum atomic E-state index is 0.670. The number of fused-ring (bicyclic) bond motifs is 1. The third-order valence-corrected chi connectivity index (χ3v) is 10.3. The largest absolute Gasteiger partial charge is 0.255 e. The molecule has 58 heavy (non-hydrogen) atoms. The van der Waals surface area contributed by atoms with Crippen LogP contribution in [0.4, 0.5) is 0 Å². The molecule has 0 saturated heterocycles. The first kappa shape index (κ1) is 34.5. The summed E-state index contributed by atoms with van der Waals surface area (Å²) in [4.78, 5) is 28.9. The molecule has 0 aliphatic rings. The van der Waals surface area contributed by atoms with Crippen LogP contribution in [0.1, 0.15) is 0 Å². The lowest BCUT2D eigenvalue weighted by Gasteiger charge is -2.12. The predicted octanol–water partition coefficient (Wildman–Crippen LogP) is 12.5. The van der Waals surface area contributed by atoms with Gasteiger partial charge in [-0.05, 0) is 75.5 Å². The summed E-state index contributed by atoms with van der Waals surface area (Å²) in [5.41, 5.74) is 13.4. The molecule has 0 aliphatic carbocycles. The molecule has 4 heterocycles. The highest BCUT2D eigenvalue weighted by atomic mass is 14.9. The van der Waals surface area contributed by atoms with E-state index in [0.29, 0.717) is 11.6 Å². The van der Waals surface area contributed by atoms with E-state index in [9.17, 15) is 0 Å². The van der Waals surface area contributed by atoms with Gasteiger partial charge in [-0.1, -0.05) is 152 Å². The number of aromatic nitrogens is 6. The summed E-state index contributed by atoms with van der Waals surface area (Å²) < 4.78 is 0. The van der Waals surface area contributed by atoms with Crippen LogP contribution in [0, 0.1) is 0 Å². The molecule has 0 unspecified atom stereocenters. The Balaban J connectivity index is 0.947. The van der Waals surface area contributed by atoms with E-state index >= 15 is 0 Å². The Labute approximate surface area is 336 Å². The quantitative estimate of drug-likeness (QED) is 0.154.